The molecule has 0 aliphatic heterocycles. The molecule has 0 heterocycles. The van der Waals surface area contributed by atoms with Gasteiger partial charge in [0, 0.05) is 32.1 Å². The first-order valence-electron chi connectivity index (χ1n) is 7.06. The second kappa shape index (κ2) is 8.77. The van der Waals surface area contributed by atoms with Crippen molar-refractivity contribution in [1.29, 1.82) is 0 Å². The Morgan fingerprint density at radius 1 is 1.16 bits per heavy atom. The molecule has 0 spiro atoms. The number of nitrogens with zero attached hydrogens (tertiary/aromatic N) is 2. The Morgan fingerprint density at radius 2 is 1.74 bits per heavy atom. The Labute approximate surface area is 116 Å². The van der Waals surface area contributed by atoms with E-state index in [2.05, 4.69) is 13.8 Å². The molecule has 0 saturated heterocycles. The Bertz CT molecular complexity index is 290. The minimum atomic E-state index is -0.814. The zero-order valence-corrected chi connectivity index (χ0v) is 12.8. The molecule has 0 aliphatic rings. The molecular weight excluding hydrogens is 244 g/mol. The van der Waals surface area contributed by atoms with Gasteiger partial charge in [0.05, 0.1) is 0 Å². The summed E-state index contributed by atoms with van der Waals surface area (Å²) in [6.07, 6.45) is 0.602. The summed E-state index contributed by atoms with van der Waals surface area (Å²) in [6.45, 7) is 12.0. The highest BCUT2D eigenvalue weighted by Crippen LogP contribution is 2.09. The lowest BCUT2D eigenvalue weighted by molar-refractivity contribution is -0.137. The summed E-state index contributed by atoms with van der Waals surface area (Å²) in [6, 6.07) is 0.0964. The third kappa shape index (κ3) is 7.03. The molecule has 19 heavy (non-hydrogen) atoms. The highest BCUT2D eigenvalue weighted by atomic mass is 16.4. The maximum absolute atomic E-state index is 12.4. The van der Waals surface area contributed by atoms with Crippen molar-refractivity contribution in [2.45, 2.75) is 53.5 Å². The highest BCUT2D eigenvalue weighted by Gasteiger charge is 2.22. The van der Waals surface area contributed by atoms with Crippen LogP contribution in [-0.2, 0) is 4.79 Å². The normalized spacial score (nSPS) is 10.9. The summed E-state index contributed by atoms with van der Waals surface area (Å²) in [7, 11) is 0. The summed E-state index contributed by atoms with van der Waals surface area (Å²) >= 11 is 0. The number of rotatable bonds is 8. The van der Waals surface area contributed by atoms with Crippen molar-refractivity contribution in [3.63, 3.8) is 0 Å². The molecule has 0 saturated carbocycles. The Morgan fingerprint density at radius 3 is 2.11 bits per heavy atom. The molecule has 0 rings (SSSR count). The summed E-state index contributed by atoms with van der Waals surface area (Å²) in [5.74, 6) is -0.386. The van der Waals surface area contributed by atoms with Crippen molar-refractivity contribution in [1.82, 2.24) is 9.80 Å². The summed E-state index contributed by atoms with van der Waals surface area (Å²) < 4.78 is 0. The van der Waals surface area contributed by atoms with Crippen LogP contribution in [0.4, 0.5) is 4.79 Å². The van der Waals surface area contributed by atoms with Gasteiger partial charge in [-0.25, -0.2) is 4.79 Å². The largest absolute Gasteiger partial charge is 0.481 e. The van der Waals surface area contributed by atoms with Crippen LogP contribution >= 0.6 is 0 Å². The molecule has 0 aromatic carbocycles. The molecule has 0 fully saturated rings. The maximum atomic E-state index is 12.4. The van der Waals surface area contributed by atoms with E-state index in [1.165, 1.54) is 0 Å². The smallest absolute Gasteiger partial charge is 0.320 e. The molecule has 1 N–H and O–H groups in total. The molecule has 0 unspecified atom stereocenters. The van der Waals surface area contributed by atoms with Gasteiger partial charge in [0.2, 0.25) is 0 Å². The van der Waals surface area contributed by atoms with Gasteiger partial charge in [-0.05, 0) is 33.1 Å². The van der Waals surface area contributed by atoms with Crippen LogP contribution in [0.1, 0.15) is 47.5 Å². The monoisotopic (exact) mass is 272 g/mol. The van der Waals surface area contributed by atoms with Crippen molar-refractivity contribution < 1.29 is 14.7 Å². The van der Waals surface area contributed by atoms with Crippen LogP contribution in [0, 0.1) is 5.92 Å². The van der Waals surface area contributed by atoms with Gasteiger partial charge in [-0.2, -0.15) is 0 Å². The van der Waals surface area contributed by atoms with Crippen LogP contribution in [0.15, 0.2) is 0 Å². The van der Waals surface area contributed by atoms with Crippen LogP contribution in [0.3, 0.4) is 0 Å². The van der Waals surface area contributed by atoms with E-state index in [9.17, 15) is 9.59 Å². The molecule has 5 nitrogen and oxygen atoms in total. The predicted molar refractivity (Wildman–Crippen MR) is 76.2 cm³/mol. The summed E-state index contributed by atoms with van der Waals surface area (Å²) in [5.41, 5.74) is 0. The zero-order valence-electron chi connectivity index (χ0n) is 12.8. The van der Waals surface area contributed by atoms with Gasteiger partial charge in [-0.15, -0.1) is 0 Å². The fourth-order valence-corrected chi connectivity index (χ4v) is 1.94. The van der Waals surface area contributed by atoms with Crippen molar-refractivity contribution >= 4 is 12.0 Å². The standard InChI is InChI=1S/C14H28N2O3/c1-6-15(10-11(2)3)14(19)16(12(4)5)9-7-8-13(17)18/h11-12H,6-10H2,1-5H3,(H,17,18). The molecule has 0 bridgehead atoms. The summed E-state index contributed by atoms with van der Waals surface area (Å²) in [4.78, 5) is 26.6. The molecule has 0 atom stereocenters. The van der Waals surface area contributed by atoms with Crippen LogP contribution in [0.2, 0.25) is 0 Å². The third-order valence-corrected chi connectivity index (χ3v) is 2.90. The minimum Gasteiger partial charge on any atom is -0.481 e. The molecule has 112 valence electrons. The van der Waals surface area contributed by atoms with E-state index in [4.69, 9.17) is 5.11 Å². The molecule has 5 heteroatoms. The Balaban J connectivity index is 4.57. The second-order valence-corrected chi connectivity index (χ2v) is 5.50. The number of hydrogen-bond donors (Lipinski definition) is 1. The van der Waals surface area contributed by atoms with Crippen molar-refractivity contribution in [3.8, 4) is 0 Å². The molecule has 0 aliphatic carbocycles. The van der Waals surface area contributed by atoms with E-state index >= 15 is 0 Å². The quantitative estimate of drug-likeness (QED) is 0.739. The number of hydrogen-bond acceptors (Lipinski definition) is 2. The van der Waals surface area contributed by atoms with Crippen molar-refractivity contribution in [3.05, 3.63) is 0 Å². The SMILES string of the molecule is CCN(CC(C)C)C(=O)N(CCCC(=O)O)C(C)C. The Kier molecular flexibility index (Phi) is 8.19. The van der Waals surface area contributed by atoms with Crippen molar-refractivity contribution in [2.75, 3.05) is 19.6 Å². The van der Waals surface area contributed by atoms with Gasteiger partial charge in [0.25, 0.3) is 0 Å². The molecule has 0 aromatic rings. The van der Waals surface area contributed by atoms with E-state index in [1.54, 1.807) is 4.90 Å². The third-order valence-electron chi connectivity index (χ3n) is 2.90. The number of urea groups is 1. The molecule has 2 amide bonds. The first kappa shape index (κ1) is 17.7. The highest BCUT2D eigenvalue weighted by molar-refractivity contribution is 5.75. The topological polar surface area (TPSA) is 60.9 Å². The first-order chi connectivity index (χ1) is 8.79. The van der Waals surface area contributed by atoms with Crippen LogP contribution in [0.5, 0.6) is 0 Å². The van der Waals surface area contributed by atoms with Gasteiger partial charge < -0.3 is 14.9 Å². The van der Waals surface area contributed by atoms with Gasteiger partial charge >= 0.3 is 12.0 Å². The predicted octanol–water partition coefficient (Wildman–Crippen LogP) is 2.66. The van der Waals surface area contributed by atoms with Crippen molar-refractivity contribution in [2.24, 2.45) is 5.92 Å². The lowest BCUT2D eigenvalue weighted by Gasteiger charge is -2.33. The number of aliphatic carboxylic acids is 1. The minimum absolute atomic E-state index is 0.0107. The van der Waals surface area contributed by atoms with Crippen LogP contribution in [0.25, 0.3) is 0 Å². The lowest BCUT2D eigenvalue weighted by Crippen LogP contribution is -2.48. The van der Waals surface area contributed by atoms with E-state index in [0.29, 0.717) is 25.4 Å². The number of carboxylic acid groups (broad SMARTS) is 1. The average Bonchev–Trinajstić information content (AvgIpc) is 2.29. The molecular formula is C14H28N2O3. The van der Waals surface area contributed by atoms with Crippen LogP contribution < -0.4 is 0 Å². The number of carbonyl (C=O) groups excluding carboxylic acids is 1. The van der Waals surface area contributed by atoms with E-state index < -0.39 is 5.97 Å². The number of carboxylic acids is 1. The zero-order chi connectivity index (χ0) is 15.0. The summed E-state index contributed by atoms with van der Waals surface area (Å²) in [5, 5.41) is 8.66. The van der Waals surface area contributed by atoms with E-state index in [-0.39, 0.29) is 18.5 Å². The van der Waals surface area contributed by atoms with Gasteiger partial charge in [0.15, 0.2) is 0 Å². The lowest BCUT2D eigenvalue weighted by atomic mass is 10.2. The fourth-order valence-electron chi connectivity index (χ4n) is 1.94. The van der Waals surface area contributed by atoms with Gasteiger partial charge in [0.1, 0.15) is 0 Å². The average molecular weight is 272 g/mol. The second-order valence-electron chi connectivity index (χ2n) is 5.50. The molecule has 0 aromatic heterocycles. The molecule has 0 radical (unpaired) electrons. The fraction of sp³-hybridized carbons (Fsp3) is 0.857. The first-order valence-corrected chi connectivity index (χ1v) is 7.06. The number of amides is 2. The Hall–Kier alpha value is -1.26. The van der Waals surface area contributed by atoms with Crippen LogP contribution in [-0.4, -0.2) is 52.6 Å². The van der Waals surface area contributed by atoms with Gasteiger partial charge in [-0.1, -0.05) is 13.8 Å². The van der Waals surface area contributed by atoms with E-state index in [1.807, 2.05) is 25.7 Å². The number of carbonyl (C=O) groups is 2. The maximum Gasteiger partial charge on any atom is 0.320 e. The van der Waals surface area contributed by atoms with Gasteiger partial charge in [-0.3, -0.25) is 4.79 Å². The van der Waals surface area contributed by atoms with E-state index in [0.717, 1.165) is 6.54 Å².